The highest BCUT2D eigenvalue weighted by Crippen LogP contribution is 2.28. The number of hydrogen-bond donors (Lipinski definition) is 4. The molecule has 2 rings (SSSR count). The van der Waals surface area contributed by atoms with Gasteiger partial charge in [0, 0.05) is 39.4 Å². The van der Waals surface area contributed by atoms with E-state index in [0.29, 0.717) is 25.3 Å². The third kappa shape index (κ3) is 13.5. The minimum absolute atomic E-state index is 0.0136. The highest BCUT2D eigenvalue weighted by atomic mass is 16.3. The number of carbonyl (C=O) groups excluding carboxylic acids is 3. The maximum atomic E-state index is 13.8. The summed E-state index contributed by atoms with van der Waals surface area (Å²) >= 11 is 0. The summed E-state index contributed by atoms with van der Waals surface area (Å²) in [5.41, 5.74) is 0.907. The van der Waals surface area contributed by atoms with Crippen LogP contribution in [0.2, 0.25) is 0 Å². The van der Waals surface area contributed by atoms with Crippen molar-refractivity contribution in [3.05, 3.63) is 35.9 Å². The minimum Gasteiger partial charge on any atom is -0.389 e. The number of likely N-dealkylation sites (N-methyl/N-ethyl adjacent to an activating group) is 2. The fourth-order valence-corrected chi connectivity index (χ4v) is 6.12. The monoisotopic (exact) mass is 636 g/mol. The van der Waals surface area contributed by atoms with Gasteiger partial charge in [0.25, 0.3) is 0 Å². The highest BCUT2D eigenvalue weighted by molar-refractivity contribution is 5.91. The first-order chi connectivity index (χ1) is 22.1. The fraction of sp³-hybridized carbons (Fsp3) is 0.649. The second kappa shape index (κ2) is 21.4. The quantitative estimate of drug-likeness (QED) is 0.163. The maximum absolute atomic E-state index is 13.8. The number of terminal acetylenes is 2. The molecule has 1 aliphatic rings. The topological polar surface area (TPSA) is 122 Å². The largest absolute Gasteiger partial charge is 0.389 e. The van der Waals surface area contributed by atoms with Gasteiger partial charge in [0.05, 0.1) is 18.1 Å². The molecule has 9 nitrogen and oxygen atoms in total. The van der Waals surface area contributed by atoms with E-state index in [-0.39, 0.29) is 31.6 Å². The Morgan fingerprint density at radius 2 is 1.63 bits per heavy atom. The van der Waals surface area contributed by atoms with Crippen LogP contribution in [0.3, 0.4) is 0 Å². The van der Waals surface area contributed by atoms with Gasteiger partial charge in [-0.1, -0.05) is 76.3 Å². The Balaban J connectivity index is 2.23. The van der Waals surface area contributed by atoms with Crippen LogP contribution < -0.4 is 10.6 Å². The Hall–Kier alpha value is -3.37. The summed E-state index contributed by atoms with van der Waals surface area (Å²) in [6.45, 7) is 7.22. The van der Waals surface area contributed by atoms with Gasteiger partial charge in [-0.05, 0) is 43.8 Å². The molecule has 0 saturated heterocycles. The summed E-state index contributed by atoms with van der Waals surface area (Å²) in [6, 6.07) is 7.76. The Bertz CT molecular complexity index is 1140. The number of amides is 3. The van der Waals surface area contributed by atoms with E-state index in [9.17, 15) is 24.6 Å². The molecular weight excluding hydrogens is 580 g/mol. The molecule has 0 radical (unpaired) electrons. The first-order valence-electron chi connectivity index (χ1n) is 17.0. The molecule has 0 heterocycles. The second-order valence-electron chi connectivity index (χ2n) is 12.6. The predicted molar refractivity (Wildman–Crippen MR) is 182 cm³/mol. The Kier molecular flexibility index (Phi) is 18.1. The summed E-state index contributed by atoms with van der Waals surface area (Å²) in [7, 11) is 1.75. The zero-order valence-corrected chi connectivity index (χ0v) is 28.1. The molecule has 0 bridgehead atoms. The number of aliphatic hydroxyl groups is 2. The number of carbonyl (C=O) groups is 3. The summed E-state index contributed by atoms with van der Waals surface area (Å²) in [5.74, 6) is 3.45. The van der Waals surface area contributed by atoms with Gasteiger partial charge >= 0.3 is 0 Å². The predicted octanol–water partition coefficient (Wildman–Crippen LogP) is 3.13. The third-order valence-electron chi connectivity index (χ3n) is 9.17. The minimum atomic E-state index is -1.26. The van der Waals surface area contributed by atoms with E-state index in [4.69, 9.17) is 12.8 Å². The summed E-state index contributed by atoms with van der Waals surface area (Å²) in [4.78, 5) is 44.8. The maximum Gasteiger partial charge on any atom is 0.242 e. The molecule has 0 aromatic heterocycles. The summed E-state index contributed by atoms with van der Waals surface area (Å²) in [6.07, 6.45) is 15.0. The van der Waals surface area contributed by atoms with Crippen LogP contribution in [-0.2, 0) is 20.8 Å². The van der Waals surface area contributed by atoms with Gasteiger partial charge in [-0.2, -0.15) is 0 Å². The molecule has 1 fully saturated rings. The van der Waals surface area contributed by atoms with Crippen molar-refractivity contribution in [1.29, 1.82) is 0 Å². The number of rotatable bonds is 20. The lowest BCUT2D eigenvalue weighted by atomic mass is 9.82. The molecule has 254 valence electrons. The van der Waals surface area contributed by atoms with Gasteiger partial charge in [0.1, 0.15) is 12.1 Å². The van der Waals surface area contributed by atoms with Gasteiger partial charge in [0.15, 0.2) is 0 Å². The van der Waals surface area contributed by atoms with Crippen molar-refractivity contribution in [2.75, 3.05) is 33.2 Å². The molecule has 1 saturated carbocycles. The first-order valence-corrected chi connectivity index (χ1v) is 17.0. The van der Waals surface area contributed by atoms with E-state index in [1.807, 2.05) is 30.3 Å². The van der Waals surface area contributed by atoms with Gasteiger partial charge in [-0.3, -0.25) is 14.4 Å². The van der Waals surface area contributed by atoms with E-state index in [0.717, 1.165) is 57.3 Å². The molecule has 46 heavy (non-hydrogen) atoms. The molecule has 3 amide bonds. The van der Waals surface area contributed by atoms with Crippen molar-refractivity contribution in [1.82, 2.24) is 20.4 Å². The average molecular weight is 637 g/mol. The molecule has 4 N–H and O–H groups in total. The van der Waals surface area contributed by atoms with Gasteiger partial charge in [-0.15, -0.1) is 24.7 Å². The Morgan fingerprint density at radius 1 is 0.957 bits per heavy atom. The molecule has 1 aliphatic carbocycles. The van der Waals surface area contributed by atoms with Crippen LogP contribution in [0.25, 0.3) is 0 Å². The Labute approximate surface area is 276 Å². The molecule has 5 atom stereocenters. The van der Waals surface area contributed by atoms with Crippen LogP contribution in [-0.4, -0.2) is 95.3 Å². The fourth-order valence-electron chi connectivity index (χ4n) is 6.12. The van der Waals surface area contributed by atoms with Crippen LogP contribution in [0.5, 0.6) is 0 Å². The van der Waals surface area contributed by atoms with Crippen molar-refractivity contribution in [3.8, 4) is 24.7 Å². The van der Waals surface area contributed by atoms with Crippen LogP contribution in [0.1, 0.15) is 83.6 Å². The zero-order chi connectivity index (χ0) is 33.9. The van der Waals surface area contributed by atoms with Crippen molar-refractivity contribution >= 4 is 17.7 Å². The van der Waals surface area contributed by atoms with Crippen LogP contribution >= 0.6 is 0 Å². The first kappa shape index (κ1) is 38.8. The smallest absolute Gasteiger partial charge is 0.242 e. The third-order valence-corrected chi connectivity index (χ3v) is 9.17. The van der Waals surface area contributed by atoms with Gasteiger partial charge in [-0.25, -0.2) is 0 Å². The molecular formula is C37H56N4O5. The SMILES string of the molecule is C#CCCC(NC(=O)C(CC(=O)N(C)CCN(CC)CC)Cc1ccccc1)C(=O)NC(CC1CCCCC1)C(O)C(O)CC#C. The van der Waals surface area contributed by atoms with Gasteiger partial charge < -0.3 is 30.6 Å². The second-order valence-corrected chi connectivity index (χ2v) is 12.6. The zero-order valence-electron chi connectivity index (χ0n) is 28.1. The lowest BCUT2D eigenvalue weighted by Crippen LogP contribution is -2.56. The number of hydrogen-bond acceptors (Lipinski definition) is 6. The summed E-state index contributed by atoms with van der Waals surface area (Å²) < 4.78 is 0. The summed E-state index contributed by atoms with van der Waals surface area (Å²) in [5, 5.41) is 27.3. The van der Waals surface area contributed by atoms with Crippen molar-refractivity contribution in [3.63, 3.8) is 0 Å². The Morgan fingerprint density at radius 3 is 2.24 bits per heavy atom. The van der Waals surface area contributed by atoms with E-state index in [1.165, 1.54) is 0 Å². The van der Waals surface area contributed by atoms with Crippen LogP contribution in [0.15, 0.2) is 30.3 Å². The number of nitrogens with zero attached hydrogens (tertiary/aromatic N) is 2. The number of benzene rings is 1. The standard InChI is InChI=1S/C37H56N4O5/c1-6-10-22-31(37(46)39-32(35(44)33(42)17-7-2)26-29-20-15-12-16-21-29)38-36(45)30(25-28-18-13-11-14-19-28)27-34(43)40(5)23-24-41(8-3)9-4/h1-2,11,13-14,18-19,29-33,35,42,44H,8-10,12,15-17,20-27H2,3-5H3,(H,38,45)(H,39,46). The molecule has 0 spiro atoms. The normalized spacial score (nSPS) is 16.7. The van der Waals surface area contributed by atoms with Crippen molar-refractivity contribution < 1.29 is 24.6 Å². The van der Waals surface area contributed by atoms with E-state index in [1.54, 1.807) is 11.9 Å². The van der Waals surface area contributed by atoms with Crippen molar-refractivity contribution in [2.24, 2.45) is 11.8 Å². The molecule has 1 aromatic rings. The number of aliphatic hydroxyl groups excluding tert-OH is 2. The van der Waals surface area contributed by atoms with E-state index in [2.05, 4.69) is 41.2 Å². The molecule has 1 aromatic carbocycles. The highest BCUT2D eigenvalue weighted by Gasteiger charge is 2.34. The lowest BCUT2D eigenvalue weighted by molar-refractivity contribution is -0.137. The van der Waals surface area contributed by atoms with Crippen molar-refractivity contribution in [2.45, 2.75) is 109 Å². The molecule has 0 aliphatic heterocycles. The van der Waals surface area contributed by atoms with Gasteiger partial charge in [0.2, 0.25) is 17.7 Å². The molecule has 9 heteroatoms. The van der Waals surface area contributed by atoms with Crippen LogP contribution in [0.4, 0.5) is 0 Å². The van der Waals surface area contributed by atoms with Crippen LogP contribution in [0, 0.1) is 36.5 Å². The lowest BCUT2D eigenvalue weighted by Gasteiger charge is -2.33. The van der Waals surface area contributed by atoms with E-state index >= 15 is 0 Å². The number of nitrogens with one attached hydrogen (secondary N) is 2. The molecule has 5 unspecified atom stereocenters. The van der Waals surface area contributed by atoms with E-state index < -0.39 is 42.0 Å². The average Bonchev–Trinajstić information content (AvgIpc) is 3.06.